The van der Waals surface area contributed by atoms with Crippen LogP contribution in [0.15, 0.2) is 11.7 Å². The zero-order valence-corrected chi connectivity index (χ0v) is 10.8. The maximum Gasteiger partial charge on any atom is 0.0794 e. The Balaban J connectivity index is 1.77. The molecule has 1 saturated carbocycles. The van der Waals surface area contributed by atoms with E-state index in [9.17, 15) is 0 Å². The zero-order valence-electron chi connectivity index (χ0n) is 10.0. The van der Waals surface area contributed by atoms with Gasteiger partial charge >= 0.3 is 0 Å². The molecular weight excluding hydrogens is 204 g/mol. The van der Waals surface area contributed by atoms with Gasteiger partial charge in [-0.1, -0.05) is 27.7 Å². The van der Waals surface area contributed by atoms with Crippen LogP contribution in [0.1, 0.15) is 32.6 Å². The van der Waals surface area contributed by atoms with E-state index in [1.165, 1.54) is 4.88 Å². The Labute approximate surface area is 96.1 Å². The Morgan fingerprint density at radius 2 is 2.00 bits per heavy atom. The van der Waals surface area contributed by atoms with Gasteiger partial charge in [-0.25, -0.2) is 0 Å². The van der Waals surface area contributed by atoms with Crippen molar-refractivity contribution in [3.63, 3.8) is 0 Å². The van der Waals surface area contributed by atoms with E-state index in [0.717, 1.165) is 19.0 Å². The van der Waals surface area contributed by atoms with Crippen LogP contribution in [0.25, 0.3) is 0 Å². The van der Waals surface area contributed by atoms with Crippen LogP contribution < -0.4 is 5.32 Å². The molecule has 2 nitrogen and oxygen atoms in total. The fourth-order valence-electron chi connectivity index (χ4n) is 2.51. The number of hydrogen-bond donors (Lipinski definition) is 1. The molecule has 1 fully saturated rings. The summed E-state index contributed by atoms with van der Waals surface area (Å²) in [5, 5.41) is 3.53. The van der Waals surface area contributed by atoms with Gasteiger partial charge in [-0.3, -0.25) is 4.98 Å². The molecule has 1 N–H and O–H groups in total. The van der Waals surface area contributed by atoms with Crippen LogP contribution in [-0.4, -0.2) is 11.5 Å². The normalized spacial score (nSPS) is 22.9. The molecular formula is C12H20N2S. The van der Waals surface area contributed by atoms with Crippen molar-refractivity contribution in [2.75, 3.05) is 6.54 Å². The van der Waals surface area contributed by atoms with Crippen molar-refractivity contribution in [1.29, 1.82) is 0 Å². The minimum Gasteiger partial charge on any atom is -0.311 e. The SMILES string of the molecule is CC1(C)C(CNCc2cncs2)C1(C)C. The standard InChI is InChI=1S/C12H20N2S/c1-11(2)10(12(11,3)4)7-13-5-9-6-14-8-15-9/h6,8,10,13H,5,7H2,1-4H3. The summed E-state index contributed by atoms with van der Waals surface area (Å²) in [6.45, 7) is 11.6. The lowest BCUT2D eigenvalue weighted by atomic mass is 10.0. The zero-order chi connectivity index (χ0) is 11.1. The monoisotopic (exact) mass is 224 g/mol. The molecule has 15 heavy (non-hydrogen) atoms. The van der Waals surface area contributed by atoms with E-state index >= 15 is 0 Å². The van der Waals surface area contributed by atoms with Crippen molar-refractivity contribution in [3.05, 3.63) is 16.6 Å². The second-order valence-corrected chi connectivity index (χ2v) is 6.57. The Bertz CT molecular complexity index is 313. The van der Waals surface area contributed by atoms with Crippen molar-refractivity contribution in [3.8, 4) is 0 Å². The van der Waals surface area contributed by atoms with E-state index in [4.69, 9.17) is 0 Å². The first kappa shape index (κ1) is 11.1. The summed E-state index contributed by atoms with van der Waals surface area (Å²) < 4.78 is 0. The highest BCUT2D eigenvalue weighted by Crippen LogP contribution is 2.67. The van der Waals surface area contributed by atoms with E-state index in [1.54, 1.807) is 11.3 Å². The van der Waals surface area contributed by atoms with Crippen LogP contribution in [0.2, 0.25) is 0 Å². The fraction of sp³-hybridized carbons (Fsp3) is 0.750. The van der Waals surface area contributed by atoms with E-state index < -0.39 is 0 Å². The lowest BCUT2D eigenvalue weighted by Gasteiger charge is -2.04. The van der Waals surface area contributed by atoms with E-state index in [-0.39, 0.29) is 0 Å². The number of rotatable bonds is 4. The molecule has 0 radical (unpaired) electrons. The molecule has 1 aliphatic rings. The molecule has 0 saturated heterocycles. The van der Waals surface area contributed by atoms with Crippen molar-refractivity contribution >= 4 is 11.3 Å². The highest BCUT2D eigenvalue weighted by Gasteiger charge is 2.63. The van der Waals surface area contributed by atoms with E-state index in [2.05, 4.69) is 38.0 Å². The van der Waals surface area contributed by atoms with Gasteiger partial charge in [0.2, 0.25) is 0 Å². The Morgan fingerprint density at radius 1 is 1.33 bits per heavy atom. The summed E-state index contributed by atoms with van der Waals surface area (Å²) in [6.07, 6.45) is 1.95. The van der Waals surface area contributed by atoms with Gasteiger partial charge in [-0.15, -0.1) is 11.3 Å². The molecule has 1 aromatic heterocycles. The van der Waals surface area contributed by atoms with Gasteiger partial charge in [0.15, 0.2) is 0 Å². The van der Waals surface area contributed by atoms with Gasteiger partial charge in [-0.05, 0) is 23.3 Å². The van der Waals surface area contributed by atoms with E-state index in [0.29, 0.717) is 10.8 Å². The Hall–Kier alpha value is -0.410. The lowest BCUT2D eigenvalue weighted by molar-refractivity contribution is 0.457. The summed E-state index contributed by atoms with van der Waals surface area (Å²) in [6, 6.07) is 0. The molecule has 1 aromatic rings. The Morgan fingerprint density at radius 3 is 2.47 bits per heavy atom. The maximum absolute atomic E-state index is 4.07. The average molecular weight is 224 g/mol. The van der Waals surface area contributed by atoms with E-state index in [1.807, 2.05) is 11.7 Å². The highest BCUT2D eigenvalue weighted by molar-refractivity contribution is 7.09. The lowest BCUT2D eigenvalue weighted by Crippen LogP contribution is -2.18. The molecule has 0 aromatic carbocycles. The third-order valence-electron chi connectivity index (χ3n) is 4.45. The number of hydrogen-bond acceptors (Lipinski definition) is 3. The van der Waals surface area contributed by atoms with Gasteiger partial charge in [0, 0.05) is 17.6 Å². The summed E-state index contributed by atoms with van der Waals surface area (Å²) >= 11 is 1.72. The highest BCUT2D eigenvalue weighted by atomic mass is 32.1. The van der Waals surface area contributed by atoms with Crippen molar-refractivity contribution in [2.24, 2.45) is 16.7 Å². The summed E-state index contributed by atoms with van der Waals surface area (Å²) in [7, 11) is 0. The first-order valence-corrected chi connectivity index (χ1v) is 6.42. The number of nitrogens with one attached hydrogen (secondary N) is 1. The van der Waals surface area contributed by atoms with Crippen LogP contribution in [0.5, 0.6) is 0 Å². The van der Waals surface area contributed by atoms with Crippen LogP contribution >= 0.6 is 11.3 Å². The molecule has 0 spiro atoms. The second kappa shape index (κ2) is 3.56. The van der Waals surface area contributed by atoms with Gasteiger partial charge < -0.3 is 5.32 Å². The van der Waals surface area contributed by atoms with Crippen LogP contribution in [0, 0.1) is 16.7 Å². The average Bonchev–Trinajstić information content (AvgIpc) is 2.62. The van der Waals surface area contributed by atoms with Gasteiger partial charge in [0.05, 0.1) is 5.51 Å². The molecule has 1 heterocycles. The molecule has 2 rings (SSSR count). The van der Waals surface area contributed by atoms with Crippen LogP contribution in [0.4, 0.5) is 0 Å². The maximum atomic E-state index is 4.07. The topological polar surface area (TPSA) is 24.9 Å². The first-order chi connectivity index (χ1) is 6.96. The molecule has 3 heteroatoms. The number of nitrogens with zero attached hydrogens (tertiary/aromatic N) is 1. The summed E-state index contributed by atoms with van der Waals surface area (Å²) in [5.74, 6) is 0.804. The largest absolute Gasteiger partial charge is 0.311 e. The molecule has 0 aliphatic heterocycles. The molecule has 0 unspecified atom stereocenters. The van der Waals surface area contributed by atoms with Crippen LogP contribution in [0.3, 0.4) is 0 Å². The predicted octanol–water partition coefficient (Wildman–Crippen LogP) is 2.91. The summed E-state index contributed by atoms with van der Waals surface area (Å²) in [5.41, 5.74) is 2.88. The first-order valence-electron chi connectivity index (χ1n) is 5.54. The number of thiazole rings is 1. The quantitative estimate of drug-likeness (QED) is 0.850. The van der Waals surface area contributed by atoms with Crippen LogP contribution in [-0.2, 0) is 6.54 Å². The third-order valence-corrected chi connectivity index (χ3v) is 5.23. The number of aromatic nitrogens is 1. The minimum atomic E-state index is 0.494. The van der Waals surface area contributed by atoms with Gasteiger partial charge in [0.25, 0.3) is 0 Å². The van der Waals surface area contributed by atoms with Crippen molar-refractivity contribution in [1.82, 2.24) is 10.3 Å². The molecule has 0 bridgehead atoms. The molecule has 84 valence electrons. The third kappa shape index (κ3) is 1.83. The van der Waals surface area contributed by atoms with Crippen molar-refractivity contribution in [2.45, 2.75) is 34.2 Å². The fourth-order valence-corrected chi connectivity index (χ4v) is 3.08. The molecule has 0 atom stereocenters. The van der Waals surface area contributed by atoms with Crippen molar-refractivity contribution < 1.29 is 0 Å². The smallest absolute Gasteiger partial charge is 0.0794 e. The molecule has 0 amide bonds. The van der Waals surface area contributed by atoms with Gasteiger partial charge in [0.1, 0.15) is 0 Å². The molecule has 1 aliphatic carbocycles. The Kier molecular flexibility index (Phi) is 2.63. The summed E-state index contributed by atoms with van der Waals surface area (Å²) in [4.78, 5) is 5.40. The predicted molar refractivity (Wildman–Crippen MR) is 64.9 cm³/mol. The minimum absolute atomic E-state index is 0.494. The van der Waals surface area contributed by atoms with Gasteiger partial charge in [-0.2, -0.15) is 0 Å². The second-order valence-electron chi connectivity index (χ2n) is 5.59.